The van der Waals surface area contributed by atoms with Crippen LogP contribution in [0.3, 0.4) is 0 Å². The molecule has 0 aliphatic heterocycles. The topological polar surface area (TPSA) is 66.5 Å². The lowest BCUT2D eigenvalue weighted by Crippen LogP contribution is -2.37. The number of rotatable bonds is 1. The number of benzene rings is 1. The number of aliphatic hydroxyl groups excluding tert-OH is 2. The highest BCUT2D eigenvalue weighted by molar-refractivity contribution is 5.27. The standard InChI is InChI=1S/C12H17NO2/c1-7-2-4-8(5-3-7)9-6-10(14)12(15)11(9)13/h2-5,9-12,14-15H,6,13H2,1H3/t9?,10-,11-,12-/m1/s1. The maximum atomic E-state index is 9.58. The normalized spacial score (nSPS) is 35.7. The average Bonchev–Trinajstić information content (AvgIpc) is 2.47. The quantitative estimate of drug-likeness (QED) is 0.629. The van der Waals surface area contributed by atoms with Crippen LogP contribution < -0.4 is 5.73 Å². The van der Waals surface area contributed by atoms with Crippen LogP contribution in [0.2, 0.25) is 0 Å². The van der Waals surface area contributed by atoms with E-state index < -0.39 is 12.2 Å². The van der Waals surface area contributed by atoms with Crippen molar-refractivity contribution in [2.45, 2.75) is 37.5 Å². The lowest BCUT2D eigenvalue weighted by Gasteiger charge is -2.17. The predicted molar refractivity (Wildman–Crippen MR) is 58.5 cm³/mol. The summed E-state index contributed by atoms with van der Waals surface area (Å²) < 4.78 is 0. The molecule has 1 saturated carbocycles. The van der Waals surface area contributed by atoms with Crippen LogP contribution in [0.1, 0.15) is 23.5 Å². The summed E-state index contributed by atoms with van der Waals surface area (Å²) in [6.07, 6.45) is -0.937. The molecule has 1 fully saturated rings. The van der Waals surface area contributed by atoms with Crippen molar-refractivity contribution in [2.75, 3.05) is 0 Å². The van der Waals surface area contributed by atoms with Crippen LogP contribution >= 0.6 is 0 Å². The van der Waals surface area contributed by atoms with Gasteiger partial charge in [-0.25, -0.2) is 0 Å². The zero-order valence-electron chi connectivity index (χ0n) is 8.80. The van der Waals surface area contributed by atoms with Gasteiger partial charge in [0, 0.05) is 12.0 Å². The van der Waals surface area contributed by atoms with E-state index in [1.165, 1.54) is 5.56 Å². The van der Waals surface area contributed by atoms with Crippen LogP contribution in [0.15, 0.2) is 24.3 Å². The maximum absolute atomic E-state index is 9.58. The predicted octanol–water partition coefficient (Wildman–Crippen LogP) is 0.531. The van der Waals surface area contributed by atoms with Crippen LogP contribution in [0.5, 0.6) is 0 Å². The summed E-state index contributed by atoms with van der Waals surface area (Å²) in [5, 5.41) is 19.1. The lowest BCUT2D eigenvalue weighted by molar-refractivity contribution is 0.0363. The smallest absolute Gasteiger partial charge is 0.0955 e. The highest BCUT2D eigenvalue weighted by atomic mass is 16.3. The van der Waals surface area contributed by atoms with Gasteiger partial charge >= 0.3 is 0 Å². The summed E-state index contributed by atoms with van der Waals surface area (Å²) in [5.41, 5.74) is 8.17. The van der Waals surface area contributed by atoms with Crippen molar-refractivity contribution in [3.05, 3.63) is 35.4 Å². The molecule has 1 unspecified atom stereocenters. The summed E-state index contributed by atoms with van der Waals surface area (Å²) in [6, 6.07) is 7.73. The molecule has 0 amide bonds. The Kier molecular flexibility index (Phi) is 2.78. The second-order valence-corrected chi connectivity index (χ2v) is 4.39. The van der Waals surface area contributed by atoms with E-state index >= 15 is 0 Å². The molecule has 1 aromatic carbocycles. The molecule has 1 aromatic rings. The van der Waals surface area contributed by atoms with Gasteiger partial charge in [-0.2, -0.15) is 0 Å². The molecular weight excluding hydrogens is 190 g/mol. The van der Waals surface area contributed by atoms with E-state index in [9.17, 15) is 10.2 Å². The molecule has 3 heteroatoms. The average molecular weight is 207 g/mol. The highest BCUT2D eigenvalue weighted by Gasteiger charge is 2.39. The van der Waals surface area contributed by atoms with Gasteiger partial charge in [-0.3, -0.25) is 0 Å². The van der Waals surface area contributed by atoms with Crippen molar-refractivity contribution >= 4 is 0 Å². The number of hydrogen-bond acceptors (Lipinski definition) is 3. The minimum absolute atomic E-state index is 0.0654. The molecule has 0 spiro atoms. The summed E-state index contributed by atoms with van der Waals surface area (Å²) >= 11 is 0. The van der Waals surface area contributed by atoms with Gasteiger partial charge in [-0.05, 0) is 18.9 Å². The van der Waals surface area contributed by atoms with E-state index in [1.807, 2.05) is 31.2 Å². The van der Waals surface area contributed by atoms with E-state index in [2.05, 4.69) is 0 Å². The van der Waals surface area contributed by atoms with Crippen LogP contribution in [-0.2, 0) is 0 Å². The third-order valence-corrected chi connectivity index (χ3v) is 3.25. The van der Waals surface area contributed by atoms with Crippen molar-refractivity contribution in [1.29, 1.82) is 0 Å². The molecule has 1 aliphatic carbocycles. The molecule has 0 aromatic heterocycles. The van der Waals surface area contributed by atoms with E-state index in [1.54, 1.807) is 0 Å². The zero-order valence-corrected chi connectivity index (χ0v) is 8.80. The van der Waals surface area contributed by atoms with Crippen molar-refractivity contribution in [2.24, 2.45) is 5.73 Å². The van der Waals surface area contributed by atoms with Crippen molar-refractivity contribution in [1.82, 2.24) is 0 Å². The van der Waals surface area contributed by atoms with Gasteiger partial charge in [0.05, 0.1) is 12.2 Å². The first-order valence-electron chi connectivity index (χ1n) is 5.28. The summed E-state index contributed by atoms with van der Waals surface area (Å²) in [5.74, 6) is 0.0654. The van der Waals surface area contributed by atoms with Gasteiger partial charge in [0.1, 0.15) is 0 Å². The number of aliphatic hydroxyl groups is 2. The van der Waals surface area contributed by atoms with E-state index in [4.69, 9.17) is 5.73 Å². The molecule has 1 aliphatic rings. The Morgan fingerprint density at radius 3 is 2.27 bits per heavy atom. The van der Waals surface area contributed by atoms with Gasteiger partial charge in [0.15, 0.2) is 0 Å². The third-order valence-electron chi connectivity index (χ3n) is 3.25. The molecule has 0 heterocycles. The fourth-order valence-corrected chi connectivity index (χ4v) is 2.22. The van der Waals surface area contributed by atoms with Crippen LogP contribution in [-0.4, -0.2) is 28.5 Å². The molecule has 4 N–H and O–H groups in total. The van der Waals surface area contributed by atoms with E-state index in [-0.39, 0.29) is 12.0 Å². The Balaban J connectivity index is 2.22. The van der Waals surface area contributed by atoms with Crippen molar-refractivity contribution in [3.8, 4) is 0 Å². The molecule has 0 radical (unpaired) electrons. The minimum atomic E-state index is -0.795. The second-order valence-electron chi connectivity index (χ2n) is 4.39. The first-order valence-corrected chi connectivity index (χ1v) is 5.28. The van der Waals surface area contributed by atoms with E-state index in [0.717, 1.165) is 5.56 Å². The van der Waals surface area contributed by atoms with Gasteiger partial charge in [0.2, 0.25) is 0 Å². The maximum Gasteiger partial charge on any atom is 0.0955 e. The zero-order chi connectivity index (χ0) is 11.0. The molecule has 3 nitrogen and oxygen atoms in total. The van der Waals surface area contributed by atoms with Crippen LogP contribution in [0.25, 0.3) is 0 Å². The van der Waals surface area contributed by atoms with Gasteiger partial charge in [-0.1, -0.05) is 29.8 Å². The fourth-order valence-electron chi connectivity index (χ4n) is 2.22. The highest BCUT2D eigenvalue weighted by Crippen LogP contribution is 2.33. The largest absolute Gasteiger partial charge is 0.390 e. The number of nitrogens with two attached hydrogens (primary N) is 1. The van der Waals surface area contributed by atoms with Crippen molar-refractivity contribution < 1.29 is 10.2 Å². The monoisotopic (exact) mass is 207 g/mol. The Labute approximate surface area is 89.5 Å². The van der Waals surface area contributed by atoms with Crippen LogP contribution in [0, 0.1) is 6.92 Å². The Hall–Kier alpha value is -0.900. The summed E-state index contributed by atoms with van der Waals surface area (Å²) in [7, 11) is 0. The first kappa shape index (κ1) is 10.6. The lowest BCUT2D eigenvalue weighted by atomic mass is 9.93. The fraction of sp³-hybridized carbons (Fsp3) is 0.500. The summed E-state index contributed by atoms with van der Waals surface area (Å²) in [4.78, 5) is 0. The number of aryl methyl sites for hydroxylation is 1. The first-order chi connectivity index (χ1) is 7.09. The van der Waals surface area contributed by atoms with Crippen LogP contribution in [0.4, 0.5) is 0 Å². The Morgan fingerprint density at radius 1 is 1.20 bits per heavy atom. The van der Waals surface area contributed by atoms with E-state index in [0.29, 0.717) is 6.42 Å². The van der Waals surface area contributed by atoms with Crippen molar-refractivity contribution in [3.63, 3.8) is 0 Å². The minimum Gasteiger partial charge on any atom is -0.390 e. The second kappa shape index (κ2) is 3.93. The summed E-state index contributed by atoms with van der Waals surface area (Å²) in [6.45, 7) is 2.03. The molecular formula is C12H17NO2. The number of hydrogen-bond donors (Lipinski definition) is 3. The molecule has 0 saturated heterocycles. The Morgan fingerprint density at radius 2 is 1.80 bits per heavy atom. The SMILES string of the molecule is Cc1ccc(C2C[C@@H](O)[C@@H](O)[C@@H]2N)cc1. The molecule has 0 bridgehead atoms. The molecule has 15 heavy (non-hydrogen) atoms. The van der Waals surface area contributed by atoms with Gasteiger partial charge in [0.25, 0.3) is 0 Å². The van der Waals surface area contributed by atoms with Gasteiger partial charge < -0.3 is 15.9 Å². The molecule has 4 atom stereocenters. The molecule has 2 rings (SSSR count). The third kappa shape index (κ3) is 1.91. The molecule has 82 valence electrons. The van der Waals surface area contributed by atoms with Gasteiger partial charge in [-0.15, -0.1) is 0 Å². The Bertz CT molecular complexity index is 336.